The number of oxazole rings is 1. The molecule has 1 aliphatic rings. The molecular weight excluding hydrogens is 214 g/mol. The van der Waals surface area contributed by atoms with E-state index >= 15 is 0 Å². The SMILES string of the molecule is Cc1nc2ccc(C3NCCNC3C)cc2o1. The van der Waals surface area contributed by atoms with Crippen LogP contribution in [0, 0.1) is 6.92 Å². The molecule has 4 nitrogen and oxygen atoms in total. The summed E-state index contributed by atoms with van der Waals surface area (Å²) in [4.78, 5) is 4.32. The van der Waals surface area contributed by atoms with Gasteiger partial charge in [0.1, 0.15) is 5.52 Å². The molecule has 0 aliphatic carbocycles. The Balaban J connectivity index is 1.98. The molecule has 4 heteroatoms. The van der Waals surface area contributed by atoms with Crippen molar-refractivity contribution in [2.24, 2.45) is 0 Å². The molecule has 2 unspecified atom stereocenters. The van der Waals surface area contributed by atoms with E-state index in [0.29, 0.717) is 12.1 Å². The summed E-state index contributed by atoms with van der Waals surface area (Å²) in [6, 6.07) is 7.04. The van der Waals surface area contributed by atoms with Gasteiger partial charge in [0.05, 0.1) is 0 Å². The summed E-state index contributed by atoms with van der Waals surface area (Å²) in [5, 5.41) is 7.01. The number of fused-ring (bicyclic) bond motifs is 1. The topological polar surface area (TPSA) is 50.1 Å². The zero-order chi connectivity index (χ0) is 11.8. The number of piperazine rings is 1. The van der Waals surface area contributed by atoms with Crippen molar-refractivity contribution in [1.82, 2.24) is 15.6 Å². The van der Waals surface area contributed by atoms with Crippen molar-refractivity contribution in [2.45, 2.75) is 25.9 Å². The lowest BCUT2D eigenvalue weighted by Gasteiger charge is -2.31. The molecule has 2 heterocycles. The van der Waals surface area contributed by atoms with Gasteiger partial charge in [-0.05, 0) is 24.6 Å². The van der Waals surface area contributed by atoms with Crippen molar-refractivity contribution in [3.8, 4) is 0 Å². The van der Waals surface area contributed by atoms with E-state index in [-0.39, 0.29) is 0 Å². The van der Waals surface area contributed by atoms with Crippen molar-refractivity contribution < 1.29 is 4.42 Å². The molecular formula is C13H17N3O. The zero-order valence-electron chi connectivity index (χ0n) is 10.2. The lowest BCUT2D eigenvalue weighted by molar-refractivity contribution is 0.345. The first-order valence-electron chi connectivity index (χ1n) is 6.08. The molecule has 0 amide bonds. The summed E-state index contributed by atoms with van der Waals surface area (Å²) in [7, 11) is 0. The van der Waals surface area contributed by atoms with Crippen molar-refractivity contribution in [2.75, 3.05) is 13.1 Å². The number of aryl methyl sites for hydroxylation is 1. The van der Waals surface area contributed by atoms with Crippen molar-refractivity contribution in [3.63, 3.8) is 0 Å². The van der Waals surface area contributed by atoms with Gasteiger partial charge in [-0.2, -0.15) is 0 Å². The van der Waals surface area contributed by atoms with Gasteiger partial charge in [0.2, 0.25) is 0 Å². The fraction of sp³-hybridized carbons (Fsp3) is 0.462. The van der Waals surface area contributed by atoms with Crippen LogP contribution in [-0.2, 0) is 0 Å². The number of hydrogen-bond acceptors (Lipinski definition) is 4. The quantitative estimate of drug-likeness (QED) is 0.785. The fourth-order valence-electron chi connectivity index (χ4n) is 2.48. The second-order valence-corrected chi connectivity index (χ2v) is 4.63. The lowest BCUT2D eigenvalue weighted by Crippen LogP contribution is -2.48. The van der Waals surface area contributed by atoms with Crippen LogP contribution in [-0.4, -0.2) is 24.1 Å². The highest BCUT2D eigenvalue weighted by molar-refractivity contribution is 5.73. The maximum absolute atomic E-state index is 5.58. The first-order chi connectivity index (χ1) is 8.24. The van der Waals surface area contributed by atoms with Gasteiger partial charge in [0, 0.05) is 32.1 Å². The van der Waals surface area contributed by atoms with E-state index in [2.05, 4.69) is 34.7 Å². The van der Waals surface area contributed by atoms with E-state index in [1.54, 1.807) is 0 Å². The molecule has 1 aromatic carbocycles. The molecule has 1 aromatic heterocycles. The van der Waals surface area contributed by atoms with E-state index in [9.17, 15) is 0 Å². The van der Waals surface area contributed by atoms with Gasteiger partial charge in [-0.3, -0.25) is 0 Å². The molecule has 17 heavy (non-hydrogen) atoms. The smallest absolute Gasteiger partial charge is 0.192 e. The lowest BCUT2D eigenvalue weighted by atomic mass is 9.98. The first-order valence-corrected chi connectivity index (χ1v) is 6.08. The molecule has 0 saturated carbocycles. The van der Waals surface area contributed by atoms with Crippen LogP contribution in [0.4, 0.5) is 0 Å². The third-order valence-corrected chi connectivity index (χ3v) is 3.33. The molecule has 0 bridgehead atoms. The Labute approximate surface area is 100 Å². The van der Waals surface area contributed by atoms with E-state index in [4.69, 9.17) is 4.42 Å². The van der Waals surface area contributed by atoms with E-state index in [1.165, 1.54) is 5.56 Å². The molecule has 0 spiro atoms. The van der Waals surface area contributed by atoms with Crippen molar-refractivity contribution in [3.05, 3.63) is 29.7 Å². The first kappa shape index (κ1) is 10.7. The monoisotopic (exact) mass is 231 g/mol. The van der Waals surface area contributed by atoms with Crippen LogP contribution >= 0.6 is 0 Å². The highest BCUT2D eigenvalue weighted by Gasteiger charge is 2.22. The van der Waals surface area contributed by atoms with Gasteiger partial charge in [-0.15, -0.1) is 0 Å². The Morgan fingerprint density at radius 2 is 2.12 bits per heavy atom. The maximum atomic E-state index is 5.58. The van der Waals surface area contributed by atoms with E-state index < -0.39 is 0 Å². The van der Waals surface area contributed by atoms with Crippen LogP contribution < -0.4 is 10.6 Å². The third-order valence-electron chi connectivity index (χ3n) is 3.33. The molecule has 2 N–H and O–H groups in total. The van der Waals surface area contributed by atoms with Crippen LogP contribution in [0.2, 0.25) is 0 Å². The van der Waals surface area contributed by atoms with Gasteiger partial charge in [0.15, 0.2) is 11.5 Å². The van der Waals surface area contributed by atoms with Crippen LogP contribution in [0.5, 0.6) is 0 Å². The molecule has 1 aliphatic heterocycles. The minimum absolute atomic E-state index is 0.346. The normalized spacial score (nSPS) is 25.3. The van der Waals surface area contributed by atoms with Gasteiger partial charge in [-0.25, -0.2) is 4.98 Å². The highest BCUT2D eigenvalue weighted by Crippen LogP contribution is 2.24. The molecule has 2 aromatic rings. The van der Waals surface area contributed by atoms with Crippen molar-refractivity contribution in [1.29, 1.82) is 0 Å². The second-order valence-electron chi connectivity index (χ2n) is 4.63. The molecule has 1 fully saturated rings. The predicted octanol–water partition coefficient (Wildman–Crippen LogP) is 1.76. The minimum atomic E-state index is 0.346. The molecule has 3 rings (SSSR count). The summed E-state index contributed by atoms with van der Waals surface area (Å²) in [6.45, 7) is 6.11. The summed E-state index contributed by atoms with van der Waals surface area (Å²) in [6.07, 6.45) is 0. The predicted molar refractivity (Wildman–Crippen MR) is 67.0 cm³/mol. The number of hydrogen-bond donors (Lipinski definition) is 2. The molecule has 2 atom stereocenters. The number of benzene rings is 1. The van der Waals surface area contributed by atoms with Gasteiger partial charge < -0.3 is 15.1 Å². The van der Waals surface area contributed by atoms with E-state index in [1.807, 2.05) is 13.0 Å². The average Bonchev–Trinajstić information content (AvgIpc) is 2.68. The highest BCUT2D eigenvalue weighted by atomic mass is 16.3. The third kappa shape index (κ3) is 1.94. The number of rotatable bonds is 1. The standard InChI is InChI=1S/C13H17N3O/c1-8-13(15-6-5-14-8)10-3-4-11-12(7-10)17-9(2)16-11/h3-4,7-8,13-15H,5-6H2,1-2H3. The van der Waals surface area contributed by atoms with Crippen LogP contribution in [0.1, 0.15) is 24.4 Å². The molecule has 1 saturated heterocycles. The fourth-order valence-corrected chi connectivity index (χ4v) is 2.48. The van der Waals surface area contributed by atoms with Crippen molar-refractivity contribution >= 4 is 11.1 Å². The molecule has 0 radical (unpaired) electrons. The van der Waals surface area contributed by atoms with Gasteiger partial charge in [0.25, 0.3) is 0 Å². The van der Waals surface area contributed by atoms with Crippen LogP contribution in [0.25, 0.3) is 11.1 Å². The second kappa shape index (κ2) is 4.13. The number of nitrogens with zero attached hydrogens (tertiary/aromatic N) is 1. The van der Waals surface area contributed by atoms with Crippen LogP contribution in [0.15, 0.2) is 22.6 Å². The average molecular weight is 231 g/mol. The Morgan fingerprint density at radius 1 is 1.29 bits per heavy atom. The van der Waals surface area contributed by atoms with E-state index in [0.717, 1.165) is 30.1 Å². The summed E-state index contributed by atoms with van der Waals surface area (Å²) in [5.41, 5.74) is 3.07. The zero-order valence-corrected chi connectivity index (χ0v) is 10.2. The maximum Gasteiger partial charge on any atom is 0.192 e. The summed E-state index contributed by atoms with van der Waals surface area (Å²) < 4.78 is 5.58. The Morgan fingerprint density at radius 3 is 2.94 bits per heavy atom. The largest absolute Gasteiger partial charge is 0.441 e. The Hall–Kier alpha value is -1.39. The Kier molecular flexibility index (Phi) is 2.61. The molecule has 90 valence electrons. The van der Waals surface area contributed by atoms with Gasteiger partial charge in [-0.1, -0.05) is 6.07 Å². The number of aromatic nitrogens is 1. The minimum Gasteiger partial charge on any atom is -0.441 e. The summed E-state index contributed by atoms with van der Waals surface area (Å²) in [5.74, 6) is 0.722. The number of nitrogens with one attached hydrogen (secondary N) is 2. The van der Waals surface area contributed by atoms with Gasteiger partial charge >= 0.3 is 0 Å². The Bertz CT molecular complexity index is 534. The summed E-state index contributed by atoms with van der Waals surface area (Å²) >= 11 is 0. The van der Waals surface area contributed by atoms with Crippen LogP contribution in [0.3, 0.4) is 0 Å².